The van der Waals surface area contributed by atoms with Crippen LogP contribution in [0.3, 0.4) is 0 Å². The molecule has 0 aliphatic carbocycles. The zero-order chi connectivity index (χ0) is 17.6. The van der Waals surface area contributed by atoms with Crippen molar-refractivity contribution in [1.82, 2.24) is 10.2 Å². The number of rotatable bonds is 4. The maximum Gasteiger partial charge on any atom is 0.256 e. The van der Waals surface area contributed by atoms with Crippen molar-refractivity contribution < 1.29 is 4.79 Å². The second-order valence-corrected chi connectivity index (χ2v) is 6.00. The minimum Gasteiger partial charge on any atom is -0.339 e. The van der Waals surface area contributed by atoms with Gasteiger partial charge in [-0.3, -0.25) is 4.79 Å². The number of aromatic nitrogens is 2. The van der Waals surface area contributed by atoms with Crippen LogP contribution in [0, 0.1) is 11.3 Å². The Bertz CT molecular complexity index is 933. The quantitative estimate of drug-likeness (QED) is 0.695. The Morgan fingerprint density at radius 1 is 1.00 bits per heavy atom. The van der Waals surface area contributed by atoms with Gasteiger partial charge in [-0.2, -0.15) is 5.26 Å². The van der Waals surface area contributed by atoms with E-state index in [-0.39, 0.29) is 5.91 Å². The predicted octanol–water partition coefficient (Wildman–Crippen LogP) is 4.11. The first-order valence-electron chi connectivity index (χ1n) is 7.32. The van der Waals surface area contributed by atoms with Crippen LogP contribution in [0.5, 0.6) is 0 Å². The van der Waals surface area contributed by atoms with E-state index in [1.165, 1.54) is 0 Å². The first-order chi connectivity index (χ1) is 12.1. The van der Waals surface area contributed by atoms with Crippen molar-refractivity contribution in [3.8, 4) is 6.07 Å². The number of anilines is 3. The highest BCUT2D eigenvalue weighted by atomic mass is 79.9. The fourth-order valence-corrected chi connectivity index (χ4v) is 2.33. The van der Waals surface area contributed by atoms with Crippen molar-refractivity contribution in [2.75, 3.05) is 10.6 Å². The summed E-state index contributed by atoms with van der Waals surface area (Å²) in [5.74, 6) is 0.602. The molecule has 0 saturated heterocycles. The molecule has 2 aromatic carbocycles. The Kier molecular flexibility index (Phi) is 5.02. The lowest BCUT2D eigenvalue weighted by atomic mass is 10.2. The van der Waals surface area contributed by atoms with Crippen LogP contribution in [0.25, 0.3) is 0 Å². The largest absolute Gasteiger partial charge is 0.339 e. The van der Waals surface area contributed by atoms with Gasteiger partial charge in [0, 0.05) is 15.7 Å². The average Bonchev–Trinajstić information content (AvgIpc) is 2.64. The number of hydrogen-bond acceptors (Lipinski definition) is 5. The highest BCUT2D eigenvalue weighted by Gasteiger charge is 2.07. The number of benzene rings is 2. The van der Waals surface area contributed by atoms with E-state index in [2.05, 4.69) is 42.8 Å². The molecule has 3 aromatic rings. The molecule has 0 aliphatic rings. The topological polar surface area (TPSA) is 90.7 Å². The summed E-state index contributed by atoms with van der Waals surface area (Å²) in [5, 5.41) is 22.7. The van der Waals surface area contributed by atoms with Gasteiger partial charge in [-0.1, -0.05) is 22.0 Å². The molecule has 0 fully saturated rings. The van der Waals surface area contributed by atoms with E-state index in [0.29, 0.717) is 22.8 Å². The lowest BCUT2D eigenvalue weighted by Gasteiger charge is -2.07. The van der Waals surface area contributed by atoms with Crippen LogP contribution >= 0.6 is 15.9 Å². The highest BCUT2D eigenvalue weighted by Crippen LogP contribution is 2.17. The monoisotopic (exact) mass is 393 g/mol. The summed E-state index contributed by atoms with van der Waals surface area (Å²) >= 11 is 3.33. The third kappa shape index (κ3) is 4.40. The van der Waals surface area contributed by atoms with Crippen molar-refractivity contribution >= 4 is 39.2 Å². The molecule has 0 radical (unpaired) electrons. The van der Waals surface area contributed by atoms with Gasteiger partial charge >= 0.3 is 0 Å². The summed E-state index contributed by atoms with van der Waals surface area (Å²) in [6.07, 6.45) is 0. The third-order valence-electron chi connectivity index (χ3n) is 3.28. The summed E-state index contributed by atoms with van der Waals surface area (Å²) in [6, 6.07) is 19.5. The van der Waals surface area contributed by atoms with E-state index >= 15 is 0 Å². The number of nitrogens with one attached hydrogen (secondary N) is 2. The van der Waals surface area contributed by atoms with Crippen molar-refractivity contribution in [2.24, 2.45) is 0 Å². The molecule has 1 aromatic heterocycles. The van der Waals surface area contributed by atoms with Gasteiger partial charge in [-0.15, -0.1) is 10.2 Å². The average molecular weight is 394 g/mol. The molecule has 0 bridgehead atoms. The van der Waals surface area contributed by atoms with Crippen LogP contribution in [0.15, 0.2) is 65.1 Å². The fraction of sp³-hybridized carbons (Fsp3) is 0. The van der Waals surface area contributed by atoms with Crippen LogP contribution < -0.4 is 10.6 Å². The second kappa shape index (κ2) is 7.55. The number of nitrogens with zero attached hydrogens (tertiary/aromatic N) is 3. The van der Waals surface area contributed by atoms with Gasteiger partial charge in [0.05, 0.1) is 11.6 Å². The molecule has 0 unspecified atom stereocenters. The van der Waals surface area contributed by atoms with Gasteiger partial charge in [0.25, 0.3) is 5.91 Å². The maximum absolute atomic E-state index is 12.1. The van der Waals surface area contributed by atoms with E-state index in [9.17, 15) is 4.79 Å². The lowest BCUT2D eigenvalue weighted by Crippen LogP contribution is -2.13. The first-order valence-corrected chi connectivity index (χ1v) is 8.11. The van der Waals surface area contributed by atoms with Crippen LogP contribution in [0.1, 0.15) is 15.9 Å². The lowest BCUT2D eigenvalue weighted by molar-refractivity contribution is 0.102. The number of hydrogen-bond donors (Lipinski definition) is 2. The smallest absolute Gasteiger partial charge is 0.256 e. The van der Waals surface area contributed by atoms with Crippen molar-refractivity contribution in [3.63, 3.8) is 0 Å². The Morgan fingerprint density at radius 3 is 2.40 bits per heavy atom. The maximum atomic E-state index is 12.1. The van der Waals surface area contributed by atoms with Crippen molar-refractivity contribution in [3.05, 3.63) is 76.3 Å². The molecule has 0 saturated carbocycles. The van der Waals surface area contributed by atoms with Crippen LogP contribution in [0.2, 0.25) is 0 Å². The predicted molar refractivity (Wildman–Crippen MR) is 98.6 cm³/mol. The number of halogens is 1. The normalized spacial score (nSPS) is 9.92. The number of nitriles is 1. The molecule has 122 valence electrons. The van der Waals surface area contributed by atoms with E-state index in [0.717, 1.165) is 10.2 Å². The van der Waals surface area contributed by atoms with E-state index in [4.69, 9.17) is 5.26 Å². The summed E-state index contributed by atoms with van der Waals surface area (Å²) in [5.41, 5.74) is 1.82. The van der Waals surface area contributed by atoms with Gasteiger partial charge < -0.3 is 10.6 Å². The minimum absolute atomic E-state index is 0.260. The number of amides is 1. The van der Waals surface area contributed by atoms with Crippen LogP contribution in [-0.2, 0) is 0 Å². The molecule has 7 heteroatoms. The molecule has 6 nitrogen and oxygen atoms in total. The molecule has 0 atom stereocenters. The highest BCUT2D eigenvalue weighted by molar-refractivity contribution is 9.10. The zero-order valence-corrected chi connectivity index (χ0v) is 14.5. The number of carbonyl (C=O) groups excluding carboxylic acids is 1. The molecular weight excluding hydrogens is 382 g/mol. The van der Waals surface area contributed by atoms with Gasteiger partial charge in [0.1, 0.15) is 0 Å². The minimum atomic E-state index is -0.260. The molecule has 1 amide bonds. The molecule has 0 spiro atoms. The molecule has 1 heterocycles. The van der Waals surface area contributed by atoms with Gasteiger partial charge in [0.15, 0.2) is 11.6 Å². The first kappa shape index (κ1) is 16.6. The summed E-state index contributed by atoms with van der Waals surface area (Å²) in [4.78, 5) is 12.1. The van der Waals surface area contributed by atoms with Crippen LogP contribution in [-0.4, -0.2) is 16.1 Å². The summed E-state index contributed by atoms with van der Waals surface area (Å²) in [6.45, 7) is 0. The fourth-order valence-electron chi connectivity index (χ4n) is 2.07. The second-order valence-electron chi connectivity index (χ2n) is 5.08. The number of carbonyl (C=O) groups is 1. The molecule has 3 rings (SSSR count). The Balaban J connectivity index is 1.66. The molecule has 25 heavy (non-hydrogen) atoms. The van der Waals surface area contributed by atoms with E-state index in [1.54, 1.807) is 54.6 Å². The van der Waals surface area contributed by atoms with Crippen molar-refractivity contribution in [1.29, 1.82) is 5.26 Å². The van der Waals surface area contributed by atoms with Crippen molar-refractivity contribution in [2.45, 2.75) is 0 Å². The Hall–Kier alpha value is -3.24. The zero-order valence-electron chi connectivity index (χ0n) is 12.9. The standard InChI is InChI=1S/C18H12BrN5O/c19-14-6-4-13(5-7-14)18(25)22-17-9-8-16(23-24-17)21-15-3-1-2-12(10-15)11-20/h1-10H,(H,21,23)(H,22,24,25). The van der Waals surface area contributed by atoms with Gasteiger partial charge in [0.2, 0.25) is 0 Å². The van der Waals surface area contributed by atoms with Gasteiger partial charge in [-0.05, 0) is 54.6 Å². The Morgan fingerprint density at radius 2 is 1.72 bits per heavy atom. The summed E-state index contributed by atoms with van der Waals surface area (Å²) < 4.78 is 0.903. The summed E-state index contributed by atoms with van der Waals surface area (Å²) in [7, 11) is 0. The van der Waals surface area contributed by atoms with Gasteiger partial charge in [-0.25, -0.2) is 0 Å². The molecular formula is C18H12BrN5O. The molecule has 0 aliphatic heterocycles. The Labute approximate surface area is 152 Å². The SMILES string of the molecule is N#Cc1cccc(Nc2ccc(NC(=O)c3ccc(Br)cc3)nn2)c1. The van der Waals surface area contributed by atoms with E-state index < -0.39 is 0 Å². The van der Waals surface area contributed by atoms with Crippen LogP contribution in [0.4, 0.5) is 17.3 Å². The molecule has 2 N–H and O–H groups in total. The van der Waals surface area contributed by atoms with E-state index in [1.807, 2.05) is 6.07 Å². The third-order valence-corrected chi connectivity index (χ3v) is 3.81.